The van der Waals surface area contributed by atoms with Crippen molar-refractivity contribution >= 4 is 73.9 Å². The topological polar surface area (TPSA) is 86.8 Å². The Labute approximate surface area is 232 Å². The van der Waals surface area contributed by atoms with Crippen LogP contribution in [0.2, 0.25) is 20.1 Å². The van der Waals surface area contributed by atoms with Crippen LogP contribution in [0.25, 0.3) is 0 Å². The van der Waals surface area contributed by atoms with Crippen LogP contribution < -0.4 is 9.62 Å². The van der Waals surface area contributed by atoms with Crippen LogP contribution in [0.3, 0.4) is 0 Å². The van der Waals surface area contributed by atoms with E-state index in [2.05, 4.69) is 5.32 Å². The van der Waals surface area contributed by atoms with E-state index in [1.54, 1.807) is 25.1 Å². The minimum Gasteiger partial charge on any atom is -0.350 e. The van der Waals surface area contributed by atoms with Gasteiger partial charge in [-0.3, -0.25) is 13.9 Å². The van der Waals surface area contributed by atoms with Crippen molar-refractivity contribution in [3.05, 3.63) is 62.1 Å². The van der Waals surface area contributed by atoms with Gasteiger partial charge in [-0.2, -0.15) is 0 Å². The van der Waals surface area contributed by atoms with Crippen LogP contribution in [0.15, 0.2) is 36.4 Å². The second kappa shape index (κ2) is 12.2. The first-order chi connectivity index (χ1) is 16.5. The highest BCUT2D eigenvalue weighted by Crippen LogP contribution is 2.31. The molecule has 2 rings (SSSR count). The Kier molecular flexibility index (Phi) is 10.4. The van der Waals surface area contributed by atoms with Gasteiger partial charge in [-0.25, -0.2) is 8.42 Å². The number of nitrogens with zero attached hydrogens (tertiary/aromatic N) is 2. The van der Waals surface area contributed by atoms with Gasteiger partial charge < -0.3 is 10.2 Å². The molecule has 0 spiro atoms. The quantitative estimate of drug-likeness (QED) is 0.397. The van der Waals surface area contributed by atoms with E-state index in [-0.39, 0.29) is 23.7 Å². The third kappa shape index (κ3) is 8.15. The summed E-state index contributed by atoms with van der Waals surface area (Å²) in [4.78, 5) is 28.2. The summed E-state index contributed by atoms with van der Waals surface area (Å²) in [6.45, 7) is 6.50. The third-order valence-electron chi connectivity index (χ3n) is 5.13. The van der Waals surface area contributed by atoms with Crippen LogP contribution in [0.4, 0.5) is 5.69 Å². The van der Waals surface area contributed by atoms with Crippen molar-refractivity contribution in [1.82, 2.24) is 10.2 Å². The number of carbonyl (C=O) groups is 2. The number of carbonyl (C=O) groups excluding carboxylic acids is 2. The highest BCUT2D eigenvalue weighted by atomic mass is 35.5. The molecular weight excluding hydrogens is 568 g/mol. The molecule has 7 nitrogen and oxygen atoms in total. The van der Waals surface area contributed by atoms with Gasteiger partial charge >= 0.3 is 0 Å². The molecule has 1 atom stereocenters. The van der Waals surface area contributed by atoms with Crippen LogP contribution in [-0.2, 0) is 26.2 Å². The van der Waals surface area contributed by atoms with Crippen molar-refractivity contribution in [2.24, 2.45) is 0 Å². The van der Waals surface area contributed by atoms with Gasteiger partial charge in [0.1, 0.15) is 12.6 Å². The molecular formula is C24H29Cl4N3O4S. The Bertz CT molecular complexity index is 1210. The summed E-state index contributed by atoms with van der Waals surface area (Å²) in [5.74, 6) is -1.03. The molecule has 0 aromatic heterocycles. The molecule has 0 heterocycles. The summed E-state index contributed by atoms with van der Waals surface area (Å²) < 4.78 is 26.3. The van der Waals surface area contributed by atoms with Crippen LogP contribution in [0, 0.1) is 0 Å². The third-order valence-corrected chi connectivity index (χ3v) is 7.50. The maximum atomic E-state index is 13.7. The lowest BCUT2D eigenvalue weighted by Crippen LogP contribution is -2.55. The standard InChI is InChI=1S/C24H29Cl4N3O4S/c1-6-20(23(33)29-24(2,3)4)30(13-16-17(26)8-7-9-18(16)27)22(32)14-31(36(5,34)35)21-11-10-15(25)12-19(21)28/h7-12,20H,6,13-14H2,1-5H3,(H,29,33)/t20-/m1/s1. The monoisotopic (exact) mass is 595 g/mol. The lowest BCUT2D eigenvalue weighted by molar-refractivity contribution is -0.141. The summed E-state index contributed by atoms with van der Waals surface area (Å²) in [5.41, 5.74) is -0.0388. The predicted octanol–water partition coefficient (Wildman–Crippen LogP) is 5.79. The van der Waals surface area contributed by atoms with Gasteiger partial charge in [-0.05, 0) is 57.5 Å². The zero-order valence-electron chi connectivity index (χ0n) is 20.6. The fourth-order valence-corrected chi connectivity index (χ4v) is 5.44. The molecule has 0 saturated heterocycles. The smallest absolute Gasteiger partial charge is 0.244 e. The number of hydrogen-bond acceptors (Lipinski definition) is 4. The van der Waals surface area contributed by atoms with Gasteiger partial charge in [-0.15, -0.1) is 0 Å². The summed E-state index contributed by atoms with van der Waals surface area (Å²) >= 11 is 25.0. The molecule has 0 unspecified atom stereocenters. The Hall–Kier alpha value is -1.71. The molecule has 0 radical (unpaired) electrons. The molecule has 0 saturated carbocycles. The fraction of sp³-hybridized carbons (Fsp3) is 0.417. The van der Waals surface area contributed by atoms with E-state index < -0.39 is 40.0 Å². The van der Waals surface area contributed by atoms with Crippen LogP contribution in [0.5, 0.6) is 0 Å². The van der Waals surface area contributed by atoms with E-state index in [4.69, 9.17) is 46.4 Å². The minimum absolute atomic E-state index is 0.0546. The summed E-state index contributed by atoms with van der Waals surface area (Å²) in [7, 11) is -3.95. The maximum absolute atomic E-state index is 13.7. The van der Waals surface area contributed by atoms with E-state index in [1.165, 1.54) is 23.1 Å². The first kappa shape index (κ1) is 30.5. The summed E-state index contributed by atoms with van der Waals surface area (Å²) in [6, 6.07) is 8.25. The van der Waals surface area contributed by atoms with E-state index in [0.717, 1.165) is 10.6 Å². The number of sulfonamides is 1. The van der Waals surface area contributed by atoms with Gasteiger partial charge in [0.15, 0.2) is 0 Å². The van der Waals surface area contributed by atoms with Crippen molar-refractivity contribution in [3.63, 3.8) is 0 Å². The SMILES string of the molecule is CC[C@H](C(=O)NC(C)(C)C)N(Cc1c(Cl)cccc1Cl)C(=O)CN(c1ccc(Cl)cc1Cl)S(C)(=O)=O. The molecule has 198 valence electrons. The Morgan fingerprint density at radius 1 is 1.00 bits per heavy atom. The van der Waals surface area contributed by atoms with Gasteiger partial charge in [-0.1, -0.05) is 59.4 Å². The lowest BCUT2D eigenvalue weighted by atomic mass is 10.1. The number of amides is 2. The normalized spacial score (nSPS) is 12.7. The average Bonchev–Trinajstić information content (AvgIpc) is 2.72. The van der Waals surface area contributed by atoms with Gasteiger partial charge in [0.2, 0.25) is 21.8 Å². The average molecular weight is 597 g/mol. The zero-order chi connectivity index (χ0) is 27.4. The second-order valence-corrected chi connectivity index (χ2v) is 12.8. The number of hydrogen-bond donors (Lipinski definition) is 1. The molecule has 0 aliphatic carbocycles. The predicted molar refractivity (Wildman–Crippen MR) is 148 cm³/mol. The number of anilines is 1. The minimum atomic E-state index is -3.95. The van der Waals surface area contributed by atoms with E-state index in [9.17, 15) is 18.0 Å². The number of benzene rings is 2. The maximum Gasteiger partial charge on any atom is 0.244 e. The van der Waals surface area contributed by atoms with Crippen molar-refractivity contribution in [3.8, 4) is 0 Å². The zero-order valence-corrected chi connectivity index (χ0v) is 24.5. The fourth-order valence-electron chi connectivity index (χ4n) is 3.50. The number of nitrogens with one attached hydrogen (secondary N) is 1. The highest BCUT2D eigenvalue weighted by Gasteiger charge is 2.34. The molecule has 0 aliphatic rings. The summed E-state index contributed by atoms with van der Waals surface area (Å²) in [6.07, 6.45) is 1.22. The lowest BCUT2D eigenvalue weighted by Gasteiger charge is -2.35. The van der Waals surface area contributed by atoms with E-state index >= 15 is 0 Å². The molecule has 2 amide bonds. The number of rotatable bonds is 9. The molecule has 2 aromatic rings. The highest BCUT2D eigenvalue weighted by molar-refractivity contribution is 7.92. The summed E-state index contributed by atoms with van der Waals surface area (Å²) in [5, 5.41) is 3.87. The van der Waals surface area contributed by atoms with E-state index in [0.29, 0.717) is 20.6 Å². The first-order valence-electron chi connectivity index (χ1n) is 11.0. The van der Waals surface area contributed by atoms with Gasteiger partial charge in [0, 0.05) is 32.7 Å². The molecule has 0 bridgehead atoms. The van der Waals surface area contributed by atoms with Crippen molar-refractivity contribution in [2.45, 2.75) is 52.2 Å². The van der Waals surface area contributed by atoms with Crippen molar-refractivity contribution in [2.75, 3.05) is 17.1 Å². The van der Waals surface area contributed by atoms with Gasteiger partial charge in [0.05, 0.1) is 17.0 Å². The molecule has 2 aromatic carbocycles. The van der Waals surface area contributed by atoms with Crippen molar-refractivity contribution in [1.29, 1.82) is 0 Å². The largest absolute Gasteiger partial charge is 0.350 e. The van der Waals surface area contributed by atoms with Crippen molar-refractivity contribution < 1.29 is 18.0 Å². The molecule has 1 N–H and O–H groups in total. The van der Waals surface area contributed by atoms with E-state index in [1.807, 2.05) is 20.8 Å². The second-order valence-electron chi connectivity index (χ2n) is 9.25. The molecule has 0 fully saturated rings. The molecule has 36 heavy (non-hydrogen) atoms. The Morgan fingerprint density at radius 2 is 1.58 bits per heavy atom. The molecule has 0 aliphatic heterocycles. The first-order valence-corrected chi connectivity index (χ1v) is 14.4. The van der Waals surface area contributed by atoms with Crippen LogP contribution >= 0.6 is 46.4 Å². The Balaban J connectivity index is 2.56. The van der Waals surface area contributed by atoms with Crippen LogP contribution in [-0.4, -0.2) is 49.5 Å². The molecule has 12 heteroatoms. The van der Waals surface area contributed by atoms with Gasteiger partial charge in [0.25, 0.3) is 0 Å². The number of halogens is 4. The van der Waals surface area contributed by atoms with Crippen LogP contribution in [0.1, 0.15) is 39.7 Å². The Morgan fingerprint density at radius 3 is 2.06 bits per heavy atom.